The van der Waals surface area contributed by atoms with Crippen LogP contribution in [0.2, 0.25) is 0 Å². The third-order valence-electron chi connectivity index (χ3n) is 2.54. The molecule has 16 heavy (non-hydrogen) atoms. The van der Waals surface area contributed by atoms with E-state index in [-0.39, 0.29) is 6.04 Å². The zero-order valence-electron chi connectivity index (χ0n) is 9.17. The molecular weight excluding hydrogens is 216 g/mol. The number of aryl methyl sites for hydroxylation is 1. The lowest BCUT2D eigenvalue weighted by atomic mass is 10.1. The largest absolute Gasteiger partial charge is 0.327 e. The van der Waals surface area contributed by atoms with E-state index in [4.69, 9.17) is 5.73 Å². The van der Waals surface area contributed by atoms with Crippen molar-refractivity contribution >= 4 is 11.3 Å². The highest BCUT2D eigenvalue weighted by atomic mass is 32.1. The van der Waals surface area contributed by atoms with Gasteiger partial charge in [-0.25, -0.2) is 0 Å². The maximum absolute atomic E-state index is 6.09. The normalized spacial score (nSPS) is 12.6. The van der Waals surface area contributed by atoms with Crippen LogP contribution in [0.5, 0.6) is 0 Å². The van der Waals surface area contributed by atoms with Gasteiger partial charge in [0.15, 0.2) is 0 Å². The van der Waals surface area contributed by atoms with E-state index in [2.05, 4.69) is 28.6 Å². The molecule has 0 bridgehead atoms. The van der Waals surface area contributed by atoms with Crippen molar-refractivity contribution in [2.24, 2.45) is 5.73 Å². The fraction of sp³-hybridized carbons (Fsp3) is 0.308. The van der Waals surface area contributed by atoms with Gasteiger partial charge in [0, 0.05) is 22.8 Å². The maximum atomic E-state index is 6.09. The average Bonchev–Trinajstić information content (AvgIpc) is 2.81. The van der Waals surface area contributed by atoms with Crippen LogP contribution in [0.3, 0.4) is 0 Å². The second kappa shape index (κ2) is 5.77. The van der Waals surface area contributed by atoms with Gasteiger partial charge in [0.25, 0.3) is 0 Å². The van der Waals surface area contributed by atoms with Crippen LogP contribution in [0.4, 0.5) is 0 Å². The summed E-state index contributed by atoms with van der Waals surface area (Å²) in [5, 5.41) is 2.10. The molecule has 2 aromatic heterocycles. The standard InChI is InChI=1S/C13H16N2S/c14-11(10-13-5-3-9-16-13)6-7-12-4-1-2-8-15-12/h1-5,8-9,11H,6-7,10,14H2. The Morgan fingerprint density at radius 1 is 1.25 bits per heavy atom. The Morgan fingerprint density at radius 3 is 2.88 bits per heavy atom. The van der Waals surface area contributed by atoms with Crippen molar-refractivity contribution in [2.75, 3.05) is 0 Å². The smallest absolute Gasteiger partial charge is 0.0404 e. The molecule has 0 saturated heterocycles. The lowest BCUT2D eigenvalue weighted by molar-refractivity contribution is 0.609. The number of hydrogen-bond acceptors (Lipinski definition) is 3. The van der Waals surface area contributed by atoms with Crippen LogP contribution in [-0.4, -0.2) is 11.0 Å². The van der Waals surface area contributed by atoms with Crippen LogP contribution in [0.25, 0.3) is 0 Å². The first-order chi connectivity index (χ1) is 7.84. The summed E-state index contributed by atoms with van der Waals surface area (Å²) in [7, 11) is 0. The van der Waals surface area contributed by atoms with E-state index >= 15 is 0 Å². The minimum Gasteiger partial charge on any atom is -0.327 e. The quantitative estimate of drug-likeness (QED) is 0.860. The van der Waals surface area contributed by atoms with Gasteiger partial charge in [0.2, 0.25) is 0 Å². The van der Waals surface area contributed by atoms with Crippen molar-refractivity contribution in [3.63, 3.8) is 0 Å². The van der Waals surface area contributed by atoms with Crippen molar-refractivity contribution in [3.8, 4) is 0 Å². The van der Waals surface area contributed by atoms with Crippen LogP contribution in [-0.2, 0) is 12.8 Å². The summed E-state index contributed by atoms with van der Waals surface area (Å²) < 4.78 is 0. The van der Waals surface area contributed by atoms with Crippen LogP contribution < -0.4 is 5.73 Å². The molecule has 0 aromatic carbocycles. The third-order valence-corrected chi connectivity index (χ3v) is 3.44. The van der Waals surface area contributed by atoms with E-state index in [0.717, 1.165) is 25.0 Å². The summed E-state index contributed by atoms with van der Waals surface area (Å²) >= 11 is 1.78. The molecule has 2 N–H and O–H groups in total. The summed E-state index contributed by atoms with van der Waals surface area (Å²) in [6.07, 6.45) is 4.77. The molecule has 0 aliphatic rings. The summed E-state index contributed by atoms with van der Waals surface area (Å²) in [6.45, 7) is 0. The van der Waals surface area contributed by atoms with Crippen LogP contribution in [0, 0.1) is 0 Å². The molecule has 84 valence electrons. The Balaban J connectivity index is 1.78. The van der Waals surface area contributed by atoms with Crippen molar-refractivity contribution in [1.82, 2.24) is 4.98 Å². The molecule has 1 unspecified atom stereocenters. The number of rotatable bonds is 5. The summed E-state index contributed by atoms with van der Waals surface area (Å²) in [5.74, 6) is 0. The molecule has 0 aliphatic carbocycles. The third kappa shape index (κ3) is 3.43. The number of pyridine rings is 1. The Morgan fingerprint density at radius 2 is 2.19 bits per heavy atom. The van der Waals surface area contributed by atoms with Crippen LogP contribution >= 0.6 is 11.3 Å². The van der Waals surface area contributed by atoms with Crippen molar-refractivity contribution in [1.29, 1.82) is 0 Å². The number of thiophene rings is 1. The van der Waals surface area contributed by atoms with Gasteiger partial charge >= 0.3 is 0 Å². The van der Waals surface area contributed by atoms with E-state index < -0.39 is 0 Å². The topological polar surface area (TPSA) is 38.9 Å². The van der Waals surface area contributed by atoms with Crippen molar-refractivity contribution in [3.05, 3.63) is 52.5 Å². The van der Waals surface area contributed by atoms with E-state index in [1.165, 1.54) is 4.88 Å². The molecule has 0 spiro atoms. The number of hydrogen-bond donors (Lipinski definition) is 1. The zero-order valence-corrected chi connectivity index (χ0v) is 9.99. The van der Waals surface area contributed by atoms with Crippen LogP contribution in [0.15, 0.2) is 41.9 Å². The second-order valence-electron chi connectivity index (χ2n) is 3.90. The van der Waals surface area contributed by atoms with E-state index in [1.807, 2.05) is 18.3 Å². The summed E-state index contributed by atoms with van der Waals surface area (Å²) in [6, 6.07) is 10.5. The maximum Gasteiger partial charge on any atom is 0.0404 e. The highest BCUT2D eigenvalue weighted by Crippen LogP contribution is 2.12. The van der Waals surface area contributed by atoms with Gasteiger partial charge in [-0.1, -0.05) is 12.1 Å². The monoisotopic (exact) mass is 232 g/mol. The first-order valence-corrected chi connectivity index (χ1v) is 6.40. The molecule has 0 aliphatic heterocycles. The van der Waals surface area contributed by atoms with Gasteiger partial charge in [0.1, 0.15) is 0 Å². The number of nitrogens with zero attached hydrogens (tertiary/aromatic N) is 1. The summed E-state index contributed by atoms with van der Waals surface area (Å²) in [5.41, 5.74) is 7.22. The van der Waals surface area contributed by atoms with Gasteiger partial charge < -0.3 is 5.73 Å². The molecule has 1 atom stereocenters. The van der Waals surface area contributed by atoms with Gasteiger partial charge in [-0.15, -0.1) is 11.3 Å². The SMILES string of the molecule is NC(CCc1ccccn1)Cc1cccs1. The lowest BCUT2D eigenvalue weighted by Gasteiger charge is -2.09. The minimum atomic E-state index is 0.237. The average molecular weight is 232 g/mol. The van der Waals surface area contributed by atoms with Gasteiger partial charge in [0.05, 0.1) is 0 Å². The Kier molecular flexibility index (Phi) is 4.08. The molecule has 3 heteroatoms. The fourth-order valence-corrected chi connectivity index (χ4v) is 2.47. The van der Waals surface area contributed by atoms with Crippen LogP contribution in [0.1, 0.15) is 17.0 Å². The first kappa shape index (κ1) is 11.3. The summed E-state index contributed by atoms with van der Waals surface area (Å²) in [4.78, 5) is 5.66. The Labute approximate surface area is 100 Å². The number of aromatic nitrogens is 1. The molecule has 0 radical (unpaired) electrons. The van der Waals surface area contributed by atoms with Crippen molar-refractivity contribution in [2.45, 2.75) is 25.3 Å². The Bertz CT molecular complexity index is 397. The van der Waals surface area contributed by atoms with Gasteiger partial charge in [-0.2, -0.15) is 0 Å². The molecule has 0 fully saturated rings. The predicted molar refractivity (Wildman–Crippen MR) is 68.6 cm³/mol. The highest BCUT2D eigenvalue weighted by Gasteiger charge is 2.05. The predicted octanol–water partition coefficient (Wildman–Crippen LogP) is 2.65. The molecule has 2 heterocycles. The van der Waals surface area contributed by atoms with E-state index in [0.29, 0.717) is 0 Å². The van der Waals surface area contributed by atoms with Gasteiger partial charge in [-0.05, 0) is 42.8 Å². The molecule has 0 saturated carbocycles. The Hall–Kier alpha value is -1.19. The van der Waals surface area contributed by atoms with Gasteiger partial charge in [-0.3, -0.25) is 4.98 Å². The van der Waals surface area contributed by atoms with E-state index in [9.17, 15) is 0 Å². The highest BCUT2D eigenvalue weighted by molar-refractivity contribution is 7.09. The second-order valence-corrected chi connectivity index (χ2v) is 4.94. The minimum absolute atomic E-state index is 0.237. The lowest BCUT2D eigenvalue weighted by Crippen LogP contribution is -2.23. The first-order valence-electron chi connectivity index (χ1n) is 5.52. The molecular formula is C13H16N2S. The van der Waals surface area contributed by atoms with Crippen molar-refractivity contribution < 1.29 is 0 Å². The molecule has 2 aromatic rings. The number of nitrogens with two attached hydrogens (primary N) is 1. The van der Waals surface area contributed by atoms with E-state index in [1.54, 1.807) is 11.3 Å². The molecule has 2 nitrogen and oxygen atoms in total. The molecule has 0 amide bonds. The zero-order chi connectivity index (χ0) is 11.2. The molecule has 2 rings (SSSR count). The fourth-order valence-electron chi connectivity index (χ4n) is 1.67.